The van der Waals surface area contributed by atoms with Crippen LogP contribution in [0, 0.1) is 0 Å². The summed E-state index contributed by atoms with van der Waals surface area (Å²) < 4.78 is 101. The molecule has 3 aromatic carbocycles. The molecule has 3 aromatic rings. The van der Waals surface area contributed by atoms with Crippen LogP contribution in [-0.2, 0) is 52.9 Å². The highest BCUT2D eigenvalue weighted by Crippen LogP contribution is 2.41. The van der Waals surface area contributed by atoms with Crippen molar-refractivity contribution < 1.29 is 77.5 Å². The molecule has 0 heterocycles. The van der Waals surface area contributed by atoms with Gasteiger partial charge in [0.15, 0.2) is 9.84 Å². The molecule has 0 fully saturated rings. The summed E-state index contributed by atoms with van der Waals surface area (Å²) in [5, 5.41) is 36.5. The quantitative estimate of drug-likeness (QED) is 0.0217. The smallest absolute Gasteiger partial charge is 0.397 e. The van der Waals surface area contributed by atoms with Gasteiger partial charge in [0.25, 0.3) is 10.1 Å². The Kier molecular flexibility index (Phi) is 15.3. The number of nitrogen functional groups attached to an aromatic ring is 2. The van der Waals surface area contributed by atoms with Gasteiger partial charge in [-0.2, -0.15) is 21.9 Å². The van der Waals surface area contributed by atoms with E-state index in [-0.39, 0.29) is 32.3 Å². The molecule has 0 saturated carbocycles. The third-order valence-corrected chi connectivity index (χ3v) is 9.81. The van der Waals surface area contributed by atoms with Crippen LogP contribution in [0.5, 0.6) is 0 Å². The third kappa shape index (κ3) is 12.7. The van der Waals surface area contributed by atoms with E-state index in [1.807, 2.05) is 0 Å². The molecule has 278 valence electrons. The molecule has 0 unspecified atom stereocenters. The molecule has 3 rings (SSSR count). The fourth-order valence-corrected chi connectivity index (χ4v) is 6.54. The predicted molar refractivity (Wildman–Crippen MR) is 176 cm³/mol. The molecule has 0 aliphatic heterocycles. The highest BCUT2D eigenvalue weighted by molar-refractivity contribution is 7.96. The molecule has 0 atom stereocenters. The molecular weight excluding hydrogens is 793 g/mol. The van der Waals surface area contributed by atoms with E-state index in [0.29, 0.717) is 24.1 Å². The number of carboxylic acid groups (broad SMARTS) is 1. The van der Waals surface area contributed by atoms with Crippen LogP contribution in [0.1, 0.15) is 10.4 Å². The van der Waals surface area contributed by atoms with E-state index in [2.05, 4.69) is 34.0 Å². The average Bonchev–Trinajstić information content (AvgIpc) is 3.01. The molecule has 0 aromatic heterocycles. The van der Waals surface area contributed by atoms with Crippen molar-refractivity contribution in [2.75, 3.05) is 29.6 Å². The summed E-state index contributed by atoms with van der Waals surface area (Å²) in [7, 11) is -13.9. The second-order valence-corrected chi connectivity index (χ2v) is 15.0. The fourth-order valence-electron chi connectivity index (χ4n) is 3.47. The molecular formula is C23H24N6O17S5. The van der Waals surface area contributed by atoms with Crippen LogP contribution in [0.25, 0.3) is 0 Å². The summed E-state index contributed by atoms with van der Waals surface area (Å²) in [6.45, 7) is -0.852. The number of benzene rings is 3. The first-order chi connectivity index (χ1) is 23.3. The lowest BCUT2D eigenvalue weighted by Crippen LogP contribution is -2.15. The molecule has 0 radical (unpaired) electrons. The maximum Gasteiger partial charge on any atom is 0.397 e. The first kappa shape index (κ1) is 42.8. The Morgan fingerprint density at radius 2 is 1.45 bits per heavy atom. The molecule has 0 spiro atoms. The summed E-state index contributed by atoms with van der Waals surface area (Å²) in [5.74, 6) is -3.77. The van der Waals surface area contributed by atoms with Crippen LogP contribution in [-0.4, -0.2) is 80.3 Å². The summed E-state index contributed by atoms with van der Waals surface area (Å²) in [5.41, 5.74) is 9.01. The lowest BCUT2D eigenvalue weighted by Gasteiger charge is -2.10. The third-order valence-electron chi connectivity index (χ3n) is 5.54. The normalized spacial score (nSPS) is 12.2. The Labute approximate surface area is 295 Å². The van der Waals surface area contributed by atoms with Crippen molar-refractivity contribution in [3.8, 4) is 0 Å². The van der Waals surface area contributed by atoms with E-state index < -0.39 is 87.9 Å². The van der Waals surface area contributed by atoms with E-state index in [9.17, 15) is 44.5 Å². The van der Waals surface area contributed by atoms with Gasteiger partial charge in [-0.3, -0.25) is 13.9 Å². The lowest BCUT2D eigenvalue weighted by atomic mass is 10.1. The number of nitrogens with zero attached hydrogens (tertiary/aromatic N) is 4. The van der Waals surface area contributed by atoms with Crippen molar-refractivity contribution in [2.24, 2.45) is 20.5 Å². The molecule has 0 bridgehead atoms. The van der Waals surface area contributed by atoms with Crippen LogP contribution < -0.4 is 11.5 Å². The van der Waals surface area contributed by atoms with Gasteiger partial charge in [0, 0.05) is 16.9 Å². The van der Waals surface area contributed by atoms with E-state index >= 15 is 0 Å². The highest BCUT2D eigenvalue weighted by Gasteiger charge is 2.24. The van der Waals surface area contributed by atoms with E-state index in [1.165, 1.54) is 18.2 Å². The number of aromatic carboxylic acids is 1. The number of hydrogen-bond acceptors (Lipinski definition) is 21. The fraction of sp³-hybridized carbons (Fsp3) is 0.130. The maximum atomic E-state index is 12.4. The second kappa shape index (κ2) is 18.2. The largest absolute Gasteiger partial charge is 0.478 e. The number of sulfone groups is 1. The topological polar surface area (TPSA) is 387 Å². The minimum Gasteiger partial charge on any atom is -0.478 e. The number of carboxylic acids is 1. The van der Waals surface area contributed by atoms with E-state index in [4.69, 9.17) is 25.5 Å². The van der Waals surface area contributed by atoms with Gasteiger partial charge >= 0.3 is 22.3 Å². The molecule has 23 nitrogen and oxygen atoms in total. The minimum atomic E-state index is -4.99. The van der Waals surface area contributed by atoms with Gasteiger partial charge in [0.05, 0.1) is 46.4 Å². The zero-order valence-corrected chi connectivity index (χ0v) is 29.0. The predicted octanol–water partition coefficient (Wildman–Crippen LogP) is 3.01. The molecule has 0 amide bonds. The number of rotatable bonds is 17. The summed E-state index contributed by atoms with van der Waals surface area (Å²) in [4.78, 5) is 22.9. The molecule has 28 heteroatoms. The van der Waals surface area contributed by atoms with Crippen LogP contribution in [0.4, 0.5) is 34.1 Å². The Bertz CT molecular complexity index is 2150. The van der Waals surface area contributed by atoms with Crippen molar-refractivity contribution in [2.45, 2.75) is 14.7 Å². The van der Waals surface area contributed by atoms with Gasteiger partial charge in [-0.15, -0.1) is 19.7 Å². The van der Waals surface area contributed by atoms with Crippen LogP contribution in [0.3, 0.4) is 0 Å². The van der Waals surface area contributed by atoms with Crippen LogP contribution in [0.15, 0.2) is 83.7 Å². The van der Waals surface area contributed by atoms with Crippen LogP contribution >= 0.6 is 24.1 Å². The Morgan fingerprint density at radius 3 is 2.00 bits per heavy atom. The van der Waals surface area contributed by atoms with Crippen molar-refractivity contribution in [3.63, 3.8) is 0 Å². The Balaban J connectivity index is 0.00000901. The van der Waals surface area contributed by atoms with Crippen molar-refractivity contribution >= 4 is 101 Å². The number of nitrogens with two attached hydrogens (primary N) is 2. The summed E-state index contributed by atoms with van der Waals surface area (Å²) in [6.07, 6.45) is 0. The highest BCUT2D eigenvalue weighted by atomic mass is 32.3. The van der Waals surface area contributed by atoms with E-state index in [1.54, 1.807) is 0 Å². The van der Waals surface area contributed by atoms with Gasteiger partial charge in [0.2, 0.25) is 0 Å². The van der Waals surface area contributed by atoms with Gasteiger partial charge in [-0.25, -0.2) is 22.7 Å². The van der Waals surface area contributed by atoms with Crippen molar-refractivity contribution in [3.05, 3.63) is 54.1 Å². The molecule has 0 aliphatic rings. The van der Waals surface area contributed by atoms with Crippen molar-refractivity contribution in [1.82, 2.24) is 0 Å². The second-order valence-electron chi connectivity index (χ2n) is 8.94. The number of azo groups is 2. The first-order valence-corrected chi connectivity index (χ1v) is 18.8. The zero-order chi connectivity index (χ0) is 37.3. The number of carbonyl (C=O) groups excluding carboxylic acids is 1. The lowest BCUT2D eigenvalue weighted by molar-refractivity contribution is -0.432. The first-order valence-electron chi connectivity index (χ1n) is 12.6. The molecule has 0 aliphatic carbocycles. The number of anilines is 2. The number of carbonyl (C=O) groups is 2. The average molecular weight is 817 g/mol. The molecule has 10 N–H and O–H groups in total. The van der Waals surface area contributed by atoms with Gasteiger partial charge < -0.3 is 26.2 Å². The van der Waals surface area contributed by atoms with Crippen LogP contribution in [0.2, 0.25) is 0 Å². The number of hydrogen-bond donors (Lipinski definition) is 6. The van der Waals surface area contributed by atoms with Gasteiger partial charge in [-0.1, -0.05) is 5.04 Å². The molecule has 0 saturated heterocycles. The Hall–Kier alpha value is -4.33. The van der Waals surface area contributed by atoms with Crippen molar-refractivity contribution in [1.29, 1.82) is 0 Å². The van der Waals surface area contributed by atoms with E-state index in [0.717, 1.165) is 30.3 Å². The Morgan fingerprint density at radius 1 is 0.843 bits per heavy atom. The monoisotopic (exact) mass is 816 g/mol. The minimum absolute atomic E-state index is 0. The summed E-state index contributed by atoms with van der Waals surface area (Å²) in [6, 6.07) is 8.72. The van der Waals surface area contributed by atoms with Gasteiger partial charge in [0.1, 0.15) is 33.3 Å². The standard InChI is InChI=1S/C23H22N6O16S5.H2O/c24-15-10-16(25)22(29-27-17-6-3-13(9-18(17)49(36,37)38)47-43-19(30)11-46-45-44-33)20(23(31)32)21(15)28-26-12-1-4-14(5-2-12)48(34,35)8-7-42-50(39,40)41;/h1-6,9-10,33H,7-8,11,24-25H2,(H,31,32)(H,36,37,38)(H,39,40,41);1H2. The summed E-state index contributed by atoms with van der Waals surface area (Å²) >= 11 is 0.777. The maximum absolute atomic E-state index is 12.4. The molecule has 51 heavy (non-hydrogen) atoms. The zero-order valence-electron chi connectivity index (χ0n) is 24.9. The van der Waals surface area contributed by atoms with Gasteiger partial charge in [-0.05, 0) is 48.5 Å². The SMILES string of the molecule is Nc1cc(N)c(N=Nc2ccc(SOC(=O)CSOOO)cc2S(=O)(=O)O)c(C(=O)O)c1N=Nc1ccc(S(=O)(=O)CCOS(=O)(=O)O)cc1.O.